The van der Waals surface area contributed by atoms with E-state index in [-0.39, 0.29) is 23.6 Å². The summed E-state index contributed by atoms with van der Waals surface area (Å²) >= 11 is 0. The van der Waals surface area contributed by atoms with Gasteiger partial charge in [0.1, 0.15) is 6.04 Å². The van der Waals surface area contributed by atoms with Gasteiger partial charge in [-0.05, 0) is 71.4 Å². The van der Waals surface area contributed by atoms with E-state index in [9.17, 15) is 14.7 Å². The van der Waals surface area contributed by atoms with Crippen LogP contribution < -0.4 is 15.0 Å². The number of anilines is 1. The molecule has 0 bridgehead atoms. The summed E-state index contributed by atoms with van der Waals surface area (Å²) in [6.07, 6.45) is 7.13. The maximum absolute atomic E-state index is 14.3. The average Bonchev–Trinajstić information content (AvgIpc) is 2.95. The first kappa shape index (κ1) is 26.5. The fourth-order valence-electron chi connectivity index (χ4n) is 5.64. The quantitative estimate of drug-likeness (QED) is 0.356. The molecule has 2 N–H and O–H groups in total. The summed E-state index contributed by atoms with van der Waals surface area (Å²) in [5, 5.41) is 13.3. The molecule has 3 aromatic carbocycles. The highest BCUT2D eigenvalue weighted by molar-refractivity contribution is 6.33. The number of aromatic hydroxyl groups is 1. The van der Waals surface area contributed by atoms with E-state index in [2.05, 4.69) is 19.2 Å². The van der Waals surface area contributed by atoms with Crippen LogP contribution in [0.25, 0.3) is 11.6 Å². The predicted octanol–water partition coefficient (Wildman–Crippen LogP) is 6.60. The fourth-order valence-corrected chi connectivity index (χ4v) is 5.64. The molecule has 2 amide bonds. The molecule has 2 aliphatic rings. The van der Waals surface area contributed by atoms with Crippen molar-refractivity contribution in [2.75, 3.05) is 12.0 Å². The second-order valence-corrected chi connectivity index (χ2v) is 10.7. The van der Waals surface area contributed by atoms with Gasteiger partial charge in [0.25, 0.3) is 5.91 Å². The molecular formula is C33H36N2O4. The number of phenols is 1. The van der Waals surface area contributed by atoms with Gasteiger partial charge in [-0.25, -0.2) is 0 Å². The Kier molecular flexibility index (Phi) is 7.73. The summed E-state index contributed by atoms with van der Waals surface area (Å²) in [6.45, 7) is 4.26. The van der Waals surface area contributed by atoms with E-state index >= 15 is 0 Å². The first-order chi connectivity index (χ1) is 18.9. The molecule has 1 unspecified atom stereocenters. The summed E-state index contributed by atoms with van der Waals surface area (Å²) in [4.78, 5) is 29.9. The Morgan fingerprint density at radius 2 is 1.74 bits per heavy atom. The molecule has 0 radical (unpaired) electrons. The summed E-state index contributed by atoms with van der Waals surface area (Å²) in [5.41, 5.74) is 4.55. The molecule has 5 rings (SSSR count). The zero-order chi connectivity index (χ0) is 27.5. The Balaban J connectivity index is 1.63. The van der Waals surface area contributed by atoms with Crippen LogP contribution >= 0.6 is 0 Å². The van der Waals surface area contributed by atoms with E-state index in [1.54, 1.807) is 29.2 Å². The third kappa shape index (κ3) is 5.42. The van der Waals surface area contributed by atoms with Crippen LogP contribution in [0.1, 0.15) is 80.2 Å². The Labute approximate surface area is 230 Å². The van der Waals surface area contributed by atoms with E-state index < -0.39 is 6.04 Å². The average molecular weight is 525 g/mol. The topological polar surface area (TPSA) is 78.9 Å². The molecule has 3 aromatic rings. The largest absolute Gasteiger partial charge is 0.504 e. The normalized spacial score (nSPS) is 18.8. The number of nitrogens with one attached hydrogen (secondary N) is 1. The van der Waals surface area contributed by atoms with Gasteiger partial charge in [-0.2, -0.15) is 0 Å². The number of hydrogen-bond donors (Lipinski definition) is 2. The van der Waals surface area contributed by atoms with Crippen molar-refractivity contribution >= 4 is 29.2 Å². The lowest BCUT2D eigenvalue weighted by molar-refractivity contribution is -0.126. The summed E-state index contributed by atoms with van der Waals surface area (Å²) in [5.74, 6) is 0.304. The smallest absolute Gasteiger partial charge is 0.259 e. The van der Waals surface area contributed by atoms with Crippen LogP contribution in [-0.2, 0) is 9.59 Å². The Morgan fingerprint density at radius 1 is 1.03 bits per heavy atom. The van der Waals surface area contributed by atoms with Gasteiger partial charge in [0, 0.05) is 17.3 Å². The molecule has 1 saturated carbocycles. The number of benzene rings is 3. The molecular weight excluding hydrogens is 488 g/mol. The number of hydrogen-bond acceptors (Lipinski definition) is 4. The van der Waals surface area contributed by atoms with E-state index in [1.165, 1.54) is 19.1 Å². The highest BCUT2D eigenvalue weighted by atomic mass is 16.5. The highest BCUT2D eigenvalue weighted by Crippen LogP contribution is 2.41. The lowest BCUT2D eigenvalue weighted by atomic mass is 9.86. The number of methoxy groups -OCH3 is 1. The molecule has 6 heteroatoms. The van der Waals surface area contributed by atoms with Gasteiger partial charge < -0.3 is 15.2 Å². The molecule has 0 aromatic heterocycles. The second kappa shape index (κ2) is 11.4. The third-order valence-electron chi connectivity index (χ3n) is 7.81. The zero-order valence-corrected chi connectivity index (χ0v) is 22.8. The van der Waals surface area contributed by atoms with Crippen molar-refractivity contribution in [1.82, 2.24) is 5.32 Å². The van der Waals surface area contributed by atoms with Gasteiger partial charge in [0.15, 0.2) is 11.5 Å². The molecule has 1 fully saturated rings. The number of amides is 2. The van der Waals surface area contributed by atoms with Gasteiger partial charge in [-0.1, -0.05) is 75.6 Å². The van der Waals surface area contributed by atoms with Crippen molar-refractivity contribution in [2.24, 2.45) is 0 Å². The number of rotatable bonds is 6. The minimum atomic E-state index is -0.785. The van der Waals surface area contributed by atoms with Crippen LogP contribution in [0, 0.1) is 0 Å². The lowest BCUT2D eigenvalue weighted by Crippen LogP contribution is -2.49. The first-order valence-electron chi connectivity index (χ1n) is 13.8. The maximum Gasteiger partial charge on any atom is 0.259 e. The van der Waals surface area contributed by atoms with Gasteiger partial charge in [0.05, 0.1) is 7.11 Å². The lowest BCUT2D eigenvalue weighted by Gasteiger charge is -2.38. The number of carbonyl (C=O) groups excluding carboxylic acids is 2. The number of fused-ring (bicyclic) bond motifs is 1. The molecule has 39 heavy (non-hydrogen) atoms. The predicted molar refractivity (Wildman–Crippen MR) is 155 cm³/mol. The summed E-state index contributed by atoms with van der Waals surface area (Å²) in [6, 6.07) is 19.9. The second-order valence-electron chi connectivity index (χ2n) is 10.7. The van der Waals surface area contributed by atoms with E-state index in [1.807, 2.05) is 48.5 Å². The van der Waals surface area contributed by atoms with Crippen molar-refractivity contribution in [1.29, 1.82) is 0 Å². The SMILES string of the molecule is COc1cc(/C=C2/C(=O)N(c3ccc(C(C)C)cc3)C(C(=O)NC3CCCCC3)c3ccccc32)ccc1O. The summed E-state index contributed by atoms with van der Waals surface area (Å²) < 4.78 is 5.29. The molecule has 1 atom stereocenters. The van der Waals surface area contributed by atoms with Crippen LogP contribution in [0.5, 0.6) is 11.5 Å². The number of nitrogens with zero attached hydrogens (tertiary/aromatic N) is 1. The first-order valence-corrected chi connectivity index (χ1v) is 13.8. The van der Waals surface area contributed by atoms with Crippen molar-refractivity contribution in [3.05, 3.63) is 89.0 Å². The third-order valence-corrected chi connectivity index (χ3v) is 7.81. The van der Waals surface area contributed by atoms with Gasteiger partial charge >= 0.3 is 0 Å². The van der Waals surface area contributed by atoms with Crippen LogP contribution in [0.4, 0.5) is 5.69 Å². The molecule has 0 saturated heterocycles. The Morgan fingerprint density at radius 3 is 2.44 bits per heavy atom. The monoisotopic (exact) mass is 524 g/mol. The van der Waals surface area contributed by atoms with E-state index in [0.29, 0.717) is 28.5 Å². The fraction of sp³-hybridized carbons (Fsp3) is 0.333. The molecule has 1 aliphatic carbocycles. The van der Waals surface area contributed by atoms with E-state index in [4.69, 9.17) is 4.74 Å². The number of carbonyl (C=O) groups is 2. The highest BCUT2D eigenvalue weighted by Gasteiger charge is 2.41. The van der Waals surface area contributed by atoms with Gasteiger partial charge in [-0.15, -0.1) is 0 Å². The minimum Gasteiger partial charge on any atom is -0.504 e. The molecule has 1 heterocycles. The van der Waals surface area contributed by atoms with Crippen LogP contribution in [-0.4, -0.2) is 30.1 Å². The molecule has 0 spiro atoms. The Bertz CT molecular complexity index is 1390. The van der Waals surface area contributed by atoms with Crippen molar-refractivity contribution < 1.29 is 19.4 Å². The van der Waals surface area contributed by atoms with Crippen molar-refractivity contribution in [2.45, 2.75) is 64.0 Å². The van der Waals surface area contributed by atoms with Gasteiger partial charge in [0.2, 0.25) is 5.91 Å². The number of phenolic OH excluding ortho intramolecular Hbond substituents is 1. The van der Waals surface area contributed by atoms with Gasteiger partial charge in [-0.3, -0.25) is 14.5 Å². The van der Waals surface area contributed by atoms with Crippen LogP contribution in [0.3, 0.4) is 0 Å². The zero-order valence-electron chi connectivity index (χ0n) is 22.8. The molecule has 202 valence electrons. The Hall–Kier alpha value is -4.06. The van der Waals surface area contributed by atoms with Crippen molar-refractivity contribution in [3.63, 3.8) is 0 Å². The standard InChI is InChI=1S/C33H36N2O4/c1-21(2)23-14-16-25(17-15-23)35-31(32(37)34-24-9-5-4-6-10-24)27-12-8-7-11-26(27)28(33(35)38)19-22-13-18-29(36)30(20-22)39-3/h7-8,11-21,24,31,36H,4-6,9-10H2,1-3H3,(H,34,37)/b28-19+. The molecule has 6 nitrogen and oxygen atoms in total. The minimum absolute atomic E-state index is 0.0290. The maximum atomic E-state index is 14.3. The number of ether oxygens (including phenoxy) is 1. The van der Waals surface area contributed by atoms with Crippen LogP contribution in [0.2, 0.25) is 0 Å². The summed E-state index contributed by atoms with van der Waals surface area (Å²) in [7, 11) is 1.49. The molecule has 1 aliphatic heterocycles. The van der Waals surface area contributed by atoms with Crippen molar-refractivity contribution in [3.8, 4) is 11.5 Å². The van der Waals surface area contributed by atoms with E-state index in [0.717, 1.165) is 36.8 Å². The van der Waals surface area contributed by atoms with Crippen LogP contribution in [0.15, 0.2) is 66.7 Å².